The highest BCUT2D eigenvalue weighted by Gasteiger charge is 2.17. The summed E-state index contributed by atoms with van der Waals surface area (Å²) in [7, 11) is 0. The minimum absolute atomic E-state index is 0.845. The van der Waals surface area contributed by atoms with Gasteiger partial charge in [0.2, 0.25) is 0 Å². The van der Waals surface area contributed by atoms with Crippen LogP contribution >= 0.6 is 11.3 Å². The molecule has 0 fully saturated rings. The summed E-state index contributed by atoms with van der Waals surface area (Å²) >= 11 is 1.76. The highest BCUT2D eigenvalue weighted by molar-refractivity contribution is 7.15. The summed E-state index contributed by atoms with van der Waals surface area (Å²) in [5.74, 6) is 0.989. The summed E-state index contributed by atoms with van der Waals surface area (Å²) < 4.78 is 2.07. The molecule has 0 bridgehead atoms. The van der Waals surface area contributed by atoms with Gasteiger partial charge in [-0.2, -0.15) is 0 Å². The molecule has 0 spiro atoms. The summed E-state index contributed by atoms with van der Waals surface area (Å²) in [6.45, 7) is 6.44. The molecule has 4 rings (SSSR count). The van der Waals surface area contributed by atoms with Crippen molar-refractivity contribution in [1.29, 1.82) is 0 Å². The Morgan fingerprint density at radius 1 is 1.16 bits per heavy atom. The lowest BCUT2D eigenvalue weighted by Gasteiger charge is -2.14. The Labute approximate surface area is 151 Å². The summed E-state index contributed by atoms with van der Waals surface area (Å²) in [5, 5.41) is 3.67. The lowest BCUT2D eigenvalue weighted by atomic mass is 10.1. The fraction of sp³-hybridized carbons (Fsp3) is 0.200. The zero-order valence-electron chi connectivity index (χ0n) is 14.6. The normalized spacial score (nSPS) is 11.2. The van der Waals surface area contributed by atoms with Crippen molar-refractivity contribution in [1.82, 2.24) is 14.4 Å². The minimum Gasteiger partial charge on any atom is -0.339 e. The van der Waals surface area contributed by atoms with E-state index in [-0.39, 0.29) is 0 Å². The third-order valence-corrected chi connectivity index (χ3v) is 5.39. The quantitative estimate of drug-likeness (QED) is 0.538. The van der Waals surface area contributed by atoms with Crippen molar-refractivity contribution in [2.75, 3.05) is 5.32 Å². The molecule has 3 heterocycles. The van der Waals surface area contributed by atoms with Crippen molar-refractivity contribution < 1.29 is 0 Å². The molecule has 0 amide bonds. The van der Waals surface area contributed by atoms with Gasteiger partial charge in [0.15, 0.2) is 5.65 Å². The maximum absolute atomic E-state index is 4.83. The SMILES string of the molecule is CCc1cccc(C)c1Nc1c(-c2ccc(C)s2)nc2cnccn12. The standard InChI is InChI=1S/C20H20N4S/c1-4-15-7-5-6-13(2)18(15)23-20-19(16-9-8-14(3)25-16)22-17-12-21-10-11-24(17)20/h5-12,23H,4H2,1-3H3. The Morgan fingerprint density at radius 2 is 2.04 bits per heavy atom. The van der Waals surface area contributed by atoms with Crippen molar-refractivity contribution in [3.05, 3.63) is 64.9 Å². The minimum atomic E-state index is 0.845. The van der Waals surface area contributed by atoms with Crippen LogP contribution in [-0.2, 0) is 6.42 Å². The number of thiophene rings is 1. The van der Waals surface area contributed by atoms with E-state index in [1.165, 1.54) is 16.0 Å². The van der Waals surface area contributed by atoms with E-state index in [0.29, 0.717) is 0 Å². The van der Waals surface area contributed by atoms with Gasteiger partial charge in [0.1, 0.15) is 11.5 Å². The number of aryl methyl sites for hydroxylation is 3. The van der Waals surface area contributed by atoms with Crippen LogP contribution in [-0.4, -0.2) is 14.4 Å². The smallest absolute Gasteiger partial charge is 0.157 e. The molecule has 0 aliphatic rings. The van der Waals surface area contributed by atoms with E-state index in [0.717, 1.165) is 34.1 Å². The first-order valence-electron chi connectivity index (χ1n) is 8.41. The number of fused-ring (bicyclic) bond motifs is 1. The largest absolute Gasteiger partial charge is 0.339 e. The number of para-hydroxylation sites is 1. The summed E-state index contributed by atoms with van der Waals surface area (Å²) in [6.07, 6.45) is 6.53. The molecule has 1 aromatic carbocycles. The van der Waals surface area contributed by atoms with Gasteiger partial charge in [0, 0.05) is 23.0 Å². The highest BCUT2D eigenvalue weighted by atomic mass is 32.1. The third-order valence-electron chi connectivity index (χ3n) is 4.39. The number of nitrogens with one attached hydrogen (secondary N) is 1. The second-order valence-corrected chi connectivity index (χ2v) is 7.40. The predicted octanol–water partition coefficient (Wildman–Crippen LogP) is 5.38. The summed E-state index contributed by atoms with van der Waals surface area (Å²) in [5.41, 5.74) is 5.52. The Kier molecular flexibility index (Phi) is 4.01. The molecule has 0 atom stereocenters. The van der Waals surface area contributed by atoms with Gasteiger partial charge in [-0.25, -0.2) is 4.98 Å². The van der Waals surface area contributed by atoms with Gasteiger partial charge in [-0.05, 0) is 43.5 Å². The first-order valence-corrected chi connectivity index (χ1v) is 9.23. The Hall–Kier alpha value is -2.66. The first-order chi connectivity index (χ1) is 12.2. The van der Waals surface area contributed by atoms with Gasteiger partial charge in [0.25, 0.3) is 0 Å². The van der Waals surface area contributed by atoms with Gasteiger partial charge in [-0.1, -0.05) is 25.1 Å². The van der Waals surface area contributed by atoms with Crippen molar-refractivity contribution in [2.24, 2.45) is 0 Å². The maximum Gasteiger partial charge on any atom is 0.157 e. The van der Waals surface area contributed by atoms with Crippen LogP contribution in [0.5, 0.6) is 0 Å². The van der Waals surface area contributed by atoms with Gasteiger partial charge < -0.3 is 5.32 Å². The van der Waals surface area contributed by atoms with Crippen LogP contribution in [0.15, 0.2) is 48.9 Å². The molecule has 4 aromatic rings. The van der Waals surface area contributed by atoms with Crippen LogP contribution in [0.2, 0.25) is 0 Å². The molecular formula is C20H20N4S. The summed E-state index contributed by atoms with van der Waals surface area (Å²) in [4.78, 5) is 11.5. The molecule has 0 saturated heterocycles. The molecule has 0 aliphatic carbocycles. The predicted molar refractivity (Wildman–Crippen MR) is 105 cm³/mol. The molecule has 0 radical (unpaired) electrons. The number of imidazole rings is 1. The van der Waals surface area contributed by atoms with Crippen molar-refractivity contribution in [2.45, 2.75) is 27.2 Å². The first kappa shape index (κ1) is 15.8. The van der Waals surface area contributed by atoms with Crippen molar-refractivity contribution >= 4 is 28.5 Å². The average Bonchev–Trinajstić information content (AvgIpc) is 3.20. The van der Waals surface area contributed by atoms with E-state index in [2.05, 4.69) is 65.8 Å². The number of nitrogens with zero attached hydrogens (tertiary/aromatic N) is 3. The van der Waals surface area contributed by atoms with E-state index >= 15 is 0 Å². The van der Waals surface area contributed by atoms with Gasteiger partial charge >= 0.3 is 0 Å². The van der Waals surface area contributed by atoms with Crippen LogP contribution in [0.1, 0.15) is 22.9 Å². The molecule has 3 aromatic heterocycles. The number of rotatable bonds is 4. The second-order valence-electron chi connectivity index (χ2n) is 6.11. The Balaban J connectivity index is 1.92. The second kappa shape index (κ2) is 6.33. The molecule has 1 N–H and O–H groups in total. The van der Waals surface area contributed by atoms with Crippen LogP contribution < -0.4 is 5.32 Å². The van der Waals surface area contributed by atoms with Crippen molar-refractivity contribution in [3.63, 3.8) is 0 Å². The maximum atomic E-state index is 4.83. The molecule has 5 heteroatoms. The number of aromatic nitrogens is 3. The number of hydrogen-bond donors (Lipinski definition) is 1. The van der Waals surface area contributed by atoms with Crippen LogP contribution in [0, 0.1) is 13.8 Å². The van der Waals surface area contributed by atoms with E-state index in [1.54, 1.807) is 23.7 Å². The molecule has 0 unspecified atom stereocenters. The lowest BCUT2D eigenvalue weighted by molar-refractivity contribution is 1.11. The average molecular weight is 348 g/mol. The van der Waals surface area contributed by atoms with Crippen LogP contribution in [0.3, 0.4) is 0 Å². The molecule has 0 saturated carbocycles. The topological polar surface area (TPSA) is 42.2 Å². The van der Waals surface area contributed by atoms with E-state index in [9.17, 15) is 0 Å². The summed E-state index contributed by atoms with van der Waals surface area (Å²) in [6, 6.07) is 10.7. The number of benzene rings is 1. The number of hydrogen-bond acceptors (Lipinski definition) is 4. The number of anilines is 2. The zero-order valence-corrected chi connectivity index (χ0v) is 15.4. The zero-order chi connectivity index (χ0) is 17.4. The van der Waals surface area contributed by atoms with Crippen LogP contribution in [0.4, 0.5) is 11.5 Å². The monoisotopic (exact) mass is 348 g/mol. The Bertz CT molecular complexity index is 1040. The fourth-order valence-corrected chi connectivity index (χ4v) is 3.94. The highest BCUT2D eigenvalue weighted by Crippen LogP contribution is 2.36. The molecule has 126 valence electrons. The third kappa shape index (κ3) is 2.81. The molecule has 0 aliphatic heterocycles. The Morgan fingerprint density at radius 3 is 2.80 bits per heavy atom. The van der Waals surface area contributed by atoms with E-state index in [1.807, 2.05) is 6.20 Å². The van der Waals surface area contributed by atoms with E-state index < -0.39 is 0 Å². The van der Waals surface area contributed by atoms with Gasteiger partial charge in [0.05, 0.1) is 11.1 Å². The van der Waals surface area contributed by atoms with Crippen molar-refractivity contribution in [3.8, 4) is 10.6 Å². The molecular weight excluding hydrogens is 328 g/mol. The van der Waals surface area contributed by atoms with Gasteiger partial charge in [-0.15, -0.1) is 11.3 Å². The van der Waals surface area contributed by atoms with Gasteiger partial charge in [-0.3, -0.25) is 9.38 Å². The fourth-order valence-electron chi connectivity index (χ4n) is 3.08. The molecule has 4 nitrogen and oxygen atoms in total. The lowest BCUT2D eigenvalue weighted by Crippen LogP contribution is -2.01. The van der Waals surface area contributed by atoms with E-state index in [4.69, 9.17) is 4.98 Å². The molecule has 25 heavy (non-hydrogen) atoms. The van der Waals surface area contributed by atoms with Crippen LogP contribution in [0.25, 0.3) is 16.2 Å².